The Morgan fingerprint density at radius 1 is 0.722 bits per heavy atom. The average molecular weight is 234 g/mol. The fourth-order valence-electron chi connectivity index (χ4n) is 2.06. The minimum atomic E-state index is 0.871. The smallest absolute Gasteiger partial charge is 0.130 e. The number of para-hydroxylation sites is 1. The number of ether oxygens (including phenoxy) is 1. The Hall–Kier alpha value is -2.28. The normalized spacial score (nSPS) is 10.5. The predicted octanol–water partition coefficient (Wildman–Crippen LogP) is 4.94. The van der Waals surface area contributed by atoms with Crippen LogP contribution in [-0.4, -0.2) is 0 Å². The molecule has 0 aliphatic heterocycles. The highest BCUT2D eigenvalue weighted by atomic mass is 16.5. The summed E-state index contributed by atoms with van der Waals surface area (Å²) in [7, 11) is 0. The Morgan fingerprint density at radius 2 is 1.33 bits per heavy atom. The van der Waals surface area contributed by atoms with Crippen LogP contribution in [0, 0.1) is 6.92 Å². The van der Waals surface area contributed by atoms with Gasteiger partial charge in [0.1, 0.15) is 11.5 Å². The Morgan fingerprint density at radius 3 is 2.06 bits per heavy atom. The first-order valence-corrected chi connectivity index (χ1v) is 6.05. The van der Waals surface area contributed by atoms with Crippen molar-refractivity contribution in [2.24, 2.45) is 0 Å². The number of benzene rings is 3. The predicted molar refractivity (Wildman–Crippen MR) is 75.2 cm³/mol. The van der Waals surface area contributed by atoms with Crippen molar-refractivity contribution in [1.29, 1.82) is 0 Å². The standard InChI is InChI=1S/C17H14O/c1-13-11-14-7-5-6-8-15(14)12-17(13)18-16-9-3-2-4-10-16/h2-12H,1H3. The minimum Gasteiger partial charge on any atom is -0.457 e. The average Bonchev–Trinajstić information content (AvgIpc) is 2.41. The van der Waals surface area contributed by atoms with E-state index in [0.29, 0.717) is 0 Å². The second kappa shape index (κ2) is 4.53. The Kier molecular flexibility index (Phi) is 2.73. The Labute approximate surface area is 107 Å². The van der Waals surface area contributed by atoms with Crippen LogP contribution in [0.2, 0.25) is 0 Å². The molecule has 3 aromatic rings. The molecule has 88 valence electrons. The molecular formula is C17H14O. The molecule has 0 saturated heterocycles. The van der Waals surface area contributed by atoms with E-state index < -0.39 is 0 Å². The van der Waals surface area contributed by atoms with Crippen LogP contribution < -0.4 is 4.74 Å². The van der Waals surface area contributed by atoms with Crippen LogP contribution in [0.25, 0.3) is 10.8 Å². The van der Waals surface area contributed by atoms with Crippen molar-refractivity contribution >= 4 is 10.8 Å². The van der Waals surface area contributed by atoms with Crippen LogP contribution in [0.4, 0.5) is 0 Å². The maximum atomic E-state index is 5.92. The molecule has 0 heterocycles. The molecule has 0 fully saturated rings. The van der Waals surface area contributed by atoms with Gasteiger partial charge in [0.25, 0.3) is 0 Å². The molecule has 0 amide bonds. The molecule has 3 rings (SSSR count). The lowest BCUT2D eigenvalue weighted by Crippen LogP contribution is -1.87. The summed E-state index contributed by atoms with van der Waals surface area (Å²) in [5.74, 6) is 1.79. The van der Waals surface area contributed by atoms with Gasteiger partial charge in [0.05, 0.1) is 0 Å². The second-order valence-corrected chi connectivity index (χ2v) is 4.38. The van der Waals surface area contributed by atoms with E-state index in [1.165, 1.54) is 10.8 Å². The molecule has 0 bridgehead atoms. The van der Waals surface area contributed by atoms with E-state index in [0.717, 1.165) is 17.1 Å². The molecule has 0 atom stereocenters. The Balaban J connectivity index is 2.04. The molecule has 0 spiro atoms. The van der Waals surface area contributed by atoms with Crippen LogP contribution in [0.5, 0.6) is 11.5 Å². The van der Waals surface area contributed by atoms with Gasteiger partial charge in [-0.05, 0) is 47.5 Å². The summed E-state index contributed by atoms with van der Waals surface area (Å²) in [6.07, 6.45) is 0. The third-order valence-electron chi connectivity index (χ3n) is 3.01. The number of aryl methyl sites for hydroxylation is 1. The molecular weight excluding hydrogens is 220 g/mol. The van der Waals surface area contributed by atoms with Crippen molar-refractivity contribution in [3.05, 3.63) is 72.3 Å². The van der Waals surface area contributed by atoms with Gasteiger partial charge < -0.3 is 4.74 Å². The van der Waals surface area contributed by atoms with Gasteiger partial charge in [-0.1, -0.05) is 42.5 Å². The molecule has 0 N–H and O–H groups in total. The van der Waals surface area contributed by atoms with E-state index in [4.69, 9.17) is 4.74 Å². The molecule has 1 heteroatoms. The van der Waals surface area contributed by atoms with Gasteiger partial charge in [-0.15, -0.1) is 0 Å². The monoisotopic (exact) mass is 234 g/mol. The quantitative estimate of drug-likeness (QED) is 0.610. The van der Waals surface area contributed by atoms with Crippen molar-refractivity contribution in [2.75, 3.05) is 0 Å². The van der Waals surface area contributed by atoms with Crippen molar-refractivity contribution in [3.63, 3.8) is 0 Å². The van der Waals surface area contributed by atoms with Gasteiger partial charge in [-0.2, -0.15) is 0 Å². The fourth-order valence-corrected chi connectivity index (χ4v) is 2.06. The topological polar surface area (TPSA) is 9.23 Å². The molecule has 0 aliphatic rings. The van der Waals surface area contributed by atoms with E-state index in [9.17, 15) is 0 Å². The first-order chi connectivity index (χ1) is 8.83. The zero-order valence-corrected chi connectivity index (χ0v) is 10.3. The maximum absolute atomic E-state index is 5.92. The highest BCUT2D eigenvalue weighted by Crippen LogP contribution is 2.29. The minimum absolute atomic E-state index is 0.871. The summed E-state index contributed by atoms with van der Waals surface area (Å²) in [6.45, 7) is 2.07. The lowest BCUT2D eigenvalue weighted by Gasteiger charge is -2.10. The highest BCUT2D eigenvalue weighted by molar-refractivity contribution is 5.85. The van der Waals surface area contributed by atoms with E-state index in [-0.39, 0.29) is 0 Å². The first kappa shape index (κ1) is 10.8. The number of hydrogen-bond donors (Lipinski definition) is 0. The zero-order chi connectivity index (χ0) is 12.4. The van der Waals surface area contributed by atoms with Gasteiger partial charge in [0.2, 0.25) is 0 Å². The molecule has 0 radical (unpaired) electrons. The van der Waals surface area contributed by atoms with Crippen LogP contribution in [-0.2, 0) is 0 Å². The van der Waals surface area contributed by atoms with Crippen molar-refractivity contribution in [2.45, 2.75) is 6.92 Å². The largest absolute Gasteiger partial charge is 0.457 e. The van der Waals surface area contributed by atoms with E-state index in [1.54, 1.807) is 0 Å². The molecule has 0 aliphatic carbocycles. The number of fused-ring (bicyclic) bond motifs is 1. The SMILES string of the molecule is Cc1cc2ccccc2cc1Oc1ccccc1. The summed E-state index contributed by atoms with van der Waals surface area (Å²) >= 11 is 0. The van der Waals surface area contributed by atoms with E-state index >= 15 is 0 Å². The van der Waals surface area contributed by atoms with Gasteiger partial charge in [-0.25, -0.2) is 0 Å². The molecule has 1 nitrogen and oxygen atoms in total. The van der Waals surface area contributed by atoms with Gasteiger partial charge in [0, 0.05) is 0 Å². The summed E-state index contributed by atoms with van der Waals surface area (Å²) in [5, 5.41) is 2.45. The third-order valence-corrected chi connectivity index (χ3v) is 3.01. The lowest BCUT2D eigenvalue weighted by atomic mass is 10.1. The van der Waals surface area contributed by atoms with Gasteiger partial charge in [0.15, 0.2) is 0 Å². The summed E-state index contributed by atoms with van der Waals surface area (Å²) in [6, 6.07) is 22.5. The highest BCUT2D eigenvalue weighted by Gasteiger charge is 2.03. The molecule has 0 aromatic heterocycles. The molecule has 18 heavy (non-hydrogen) atoms. The van der Waals surface area contributed by atoms with Crippen molar-refractivity contribution in [1.82, 2.24) is 0 Å². The van der Waals surface area contributed by atoms with E-state index in [2.05, 4.69) is 37.3 Å². The molecule has 0 saturated carbocycles. The number of hydrogen-bond acceptors (Lipinski definition) is 1. The van der Waals surface area contributed by atoms with Crippen molar-refractivity contribution < 1.29 is 4.74 Å². The van der Waals surface area contributed by atoms with Crippen LogP contribution in [0.15, 0.2) is 66.7 Å². The van der Waals surface area contributed by atoms with Crippen LogP contribution >= 0.6 is 0 Å². The van der Waals surface area contributed by atoms with Gasteiger partial charge in [-0.3, -0.25) is 0 Å². The summed E-state index contributed by atoms with van der Waals surface area (Å²) < 4.78 is 5.92. The summed E-state index contributed by atoms with van der Waals surface area (Å²) in [5.41, 5.74) is 1.15. The van der Waals surface area contributed by atoms with E-state index in [1.807, 2.05) is 36.4 Å². The zero-order valence-electron chi connectivity index (χ0n) is 10.3. The lowest BCUT2D eigenvalue weighted by molar-refractivity contribution is 0.480. The first-order valence-electron chi connectivity index (χ1n) is 6.05. The number of rotatable bonds is 2. The third kappa shape index (κ3) is 2.07. The summed E-state index contributed by atoms with van der Waals surface area (Å²) in [4.78, 5) is 0. The van der Waals surface area contributed by atoms with Crippen LogP contribution in [0.1, 0.15) is 5.56 Å². The maximum Gasteiger partial charge on any atom is 0.130 e. The molecule has 0 unspecified atom stereocenters. The Bertz CT molecular complexity index is 672. The molecule has 3 aromatic carbocycles. The van der Waals surface area contributed by atoms with Gasteiger partial charge >= 0.3 is 0 Å². The van der Waals surface area contributed by atoms with Crippen LogP contribution in [0.3, 0.4) is 0 Å². The second-order valence-electron chi connectivity index (χ2n) is 4.38. The fraction of sp³-hybridized carbons (Fsp3) is 0.0588. The van der Waals surface area contributed by atoms with Crippen molar-refractivity contribution in [3.8, 4) is 11.5 Å².